The molecule has 0 spiro atoms. The number of hydrogen-bond donors (Lipinski definition) is 0. The zero-order chi connectivity index (χ0) is 12.3. The van der Waals surface area contributed by atoms with E-state index >= 15 is 0 Å². The lowest BCUT2D eigenvalue weighted by Crippen LogP contribution is -2.07. The molecule has 0 saturated carbocycles. The first-order valence-electron chi connectivity index (χ1n) is 4.06. The van der Waals surface area contributed by atoms with Gasteiger partial charge in [0.2, 0.25) is 0 Å². The van der Waals surface area contributed by atoms with Crippen molar-refractivity contribution in [1.82, 2.24) is 9.55 Å². The van der Waals surface area contributed by atoms with E-state index in [2.05, 4.69) is 4.98 Å². The van der Waals surface area contributed by atoms with Gasteiger partial charge in [-0.05, 0) is 11.5 Å². The molecule has 90 valence electrons. The van der Waals surface area contributed by atoms with Gasteiger partial charge in [0, 0.05) is 7.05 Å². The fraction of sp³-hybridized carbons (Fsp3) is 0.375. The molecule has 0 radical (unpaired) electrons. The average Bonchev–Trinajstić information content (AvgIpc) is 2.46. The van der Waals surface area contributed by atoms with Crippen LogP contribution >= 0.6 is 35.0 Å². The third-order valence-corrected chi connectivity index (χ3v) is 3.28. The quantitative estimate of drug-likeness (QED) is 0.782. The third kappa shape index (κ3) is 3.33. The van der Waals surface area contributed by atoms with Gasteiger partial charge in [-0.1, -0.05) is 35.0 Å². The van der Waals surface area contributed by atoms with Gasteiger partial charge < -0.3 is 4.57 Å². The van der Waals surface area contributed by atoms with Crippen molar-refractivity contribution >= 4 is 35.0 Å². The van der Waals surface area contributed by atoms with Crippen LogP contribution in [0, 0.1) is 0 Å². The topological polar surface area (TPSA) is 17.8 Å². The summed E-state index contributed by atoms with van der Waals surface area (Å²) in [6.45, 7) is 0. The van der Waals surface area contributed by atoms with Gasteiger partial charge in [0.05, 0.1) is 0 Å². The summed E-state index contributed by atoms with van der Waals surface area (Å²) in [6.07, 6.45) is -4.55. The SMILES string of the molecule is Cn1c(S/C=C/C(F)C(F)F)nc(Cl)c1Cl. The summed E-state index contributed by atoms with van der Waals surface area (Å²) in [7, 11) is 1.61. The minimum Gasteiger partial charge on any atom is -0.312 e. The number of alkyl halides is 3. The van der Waals surface area contributed by atoms with Crippen molar-refractivity contribution in [2.75, 3.05) is 0 Å². The van der Waals surface area contributed by atoms with E-state index in [1.807, 2.05) is 0 Å². The lowest BCUT2D eigenvalue weighted by atomic mass is 10.4. The van der Waals surface area contributed by atoms with Gasteiger partial charge in [-0.25, -0.2) is 18.2 Å². The van der Waals surface area contributed by atoms with Crippen molar-refractivity contribution in [3.8, 4) is 0 Å². The molecule has 1 atom stereocenters. The van der Waals surface area contributed by atoms with Gasteiger partial charge in [-0.3, -0.25) is 0 Å². The molecule has 1 unspecified atom stereocenters. The molecule has 0 N–H and O–H groups in total. The van der Waals surface area contributed by atoms with Crippen molar-refractivity contribution in [3.63, 3.8) is 0 Å². The maximum absolute atomic E-state index is 12.5. The van der Waals surface area contributed by atoms with Crippen molar-refractivity contribution < 1.29 is 13.2 Å². The lowest BCUT2D eigenvalue weighted by molar-refractivity contribution is 0.0751. The Labute approximate surface area is 104 Å². The molecule has 2 nitrogen and oxygen atoms in total. The Kier molecular flexibility index (Phi) is 5.01. The van der Waals surface area contributed by atoms with Gasteiger partial charge >= 0.3 is 0 Å². The molecule has 8 heteroatoms. The molecular weight excluding hydrogens is 284 g/mol. The standard InChI is InChI=1S/C8H7Cl2F3N2S/c1-15-6(10)5(9)14-8(15)16-3-2-4(11)7(12)13/h2-4,7H,1H3/b3-2+. The van der Waals surface area contributed by atoms with Crippen LogP contribution in [0.5, 0.6) is 0 Å². The zero-order valence-corrected chi connectivity index (χ0v) is 10.3. The molecule has 1 aromatic rings. The molecule has 0 bridgehead atoms. The van der Waals surface area contributed by atoms with Gasteiger partial charge in [-0.2, -0.15) is 0 Å². The number of aromatic nitrogens is 2. The summed E-state index contributed by atoms with van der Waals surface area (Å²) < 4.78 is 37.6. The number of allylic oxidation sites excluding steroid dienone is 1. The number of thioether (sulfide) groups is 1. The van der Waals surface area contributed by atoms with Crippen molar-refractivity contribution in [2.24, 2.45) is 7.05 Å². The second-order valence-electron chi connectivity index (χ2n) is 2.76. The average molecular weight is 291 g/mol. The summed E-state index contributed by atoms with van der Waals surface area (Å²) >= 11 is 12.3. The predicted octanol–water partition coefficient (Wildman–Crippen LogP) is 3.94. The molecule has 0 aliphatic carbocycles. The number of halogens is 5. The van der Waals surface area contributed by atoms with Crippen molar-refractivity contribution in [2.45, 2.75) is 17.8 Å². The third-order valence-electron chi connectivity index (χ3n) is 1.62. The van der Waals surface area contributed by atoms with E-state index in [1.54, 1.807) is 7.05 Å². The Hall–Kier alpha value is -0.330. The molecule has 0 aliphatic heterocycles. The van der Waals surface area contributed by atoms with Gasteiger partial charge in [-0.15, -0.1) is 0 Å². The van der Waals surface area contributed by atoms with Crippen LogP contribution in [0.4, 0.5) is 13.2 Å². The maximum Gasteiger partial charge on any atom is 0.272 e. The number of rotatable bonds is 4. The highest BCUT2D eigenvalue weighted by molar-refractivity contribution is 8.02. The molecule has 1 aromatic heterocycles. The Balaban J connectivity index is 2.65. The summed E-state index contributed by atoms with van der Waals surface area (Å²) in [5, 5.41) is 1.94. The minimum absolute atomic E-state index is 0.116. The molecule has 0 saturated heterocycles. The van der Waals surface area contributed by atoms with Crippen LogP contribution in [0.2, 0.25) is 10.3 Å². The Morgan fingerprint density at radius 3 is 2.44 bits per heavy atom. The lowest BCUT2D eigenvalue weighted by Gasteiger charge is -2.00. The number of hydrogen-bond acceptors (Lipinski definition) is 2. The number of imidazole rings is 1. The van der Waals surface area contributed by atoms with Gasteiger partial charge in [0.1, 0.15) is 5.15 Å². The molecule has 16 heavy (non-hydrogen) atoms. The van der Waals surface area contributed by atoms with Crippen molar-refractivity contribution in [1.29, 1.82) is 0 Å². The molecule has 0 fully saturated rings. The van der Waals surface area contributed by atoms with Crippen LogP contribution in [-0.4, -0.2) is 22.1 Å². The monoisotopic (exact) mass is 290 g/mol. The smallest absolute Gasteiger partial charge is 0.272 e. The summed E-state index contributed by atoms with van der Waals surface area (Å²) in [5.74, 6) is 0. The summed E-state index contributed by atoms with van der Waals surface area (Å²) in [5.41, 5.74) is 0. The van der Waals surface area contributed by atoms with E-state index in [0.717, 1.165) is 17.8 Å². The Bertz CT molecular complexity index is 395. The summed E-state index contributed by atoms with van der Waals surface area (Å²) in [4.78, 5) is 3.85. The minimum atomic E-state index is -3.02. The molecular formula is C8H7Cl2F3N2S. The molecule has 0 amide bonds. The number of nitrogens with zero attached hydrogens (tertiary/aromatic N) is 2. The summed E-state index contributed by atoms with van der Waals surface area (Å²) in [6, 6.07) is 0. The largest absolute Gasteiger partial charge is 0.312 e. The fourth-order valence-electron chi connectivity index (χ4n) is 0.792. The highest BCUT2D eigenvalue weighted by Gasteiger charge is 2.15. The first-order chi connectivity index (χ1) is 7.43. The second kappa shape index (κ2) is 5.84. The fourth-order valence-corrected chi connectivity index (χ4v) is 1.97. The van der Waals surface area contributed by atoms with Crippen molar-refractivity contribution in [3.05, 3.63) is 21.8 Å². The molecule has 1 heterocycles. The van der Waals surface area contributed by atoms with Gasteiger partial charge in [0.25, 0.3) is 6.43 Å². The van der Waals surface area contributed by atoms with Crippen LogP contribution < -0.4 is 0 Å². The highest BCUT2D eigenvalue weighted by atomic mass is 35.5. The normalized spacial score (nSPS) is 13.9. The van der Waals surface area contributed by atoms with Gasteiger partial charge in [0.15, 0.2) is 16.5 Å². The predicted molar refractivity (Wildman–Crippen MR) is 59.1 cm³/mol. The molecule has 1 rings (SSSR count). The second-order valence-corrected chi connectivity index (χ2v) is 4.35. The van der Waals surface area contributed by atoms with Crippen LogP contribution in [0.15, 0.2) is 16.6 Å². The van der Waals surface area contributed by atoms with E-state index in [1.165, 1.54) is 9.98 Å². The molecule has 0 aliphatic rings. The van der Waals surface area contributed by atoms with E-state index < -0.39 is 12.6 Å². The Morgan fingerprint density at radius 2 is 2.00 bits per heavy atom. The van der Waals surface area contributed by atoms with E-state index in [9.17, 15) is 13.2 Å². The zero-order valence-electron chi connectivity index (χ0n) is 8.00. The van der Waals surface area contributed by atoms with Crippen LogP contribution in [0.25, 0.3) is 0 Å². The molecule has 0 aromatic carbocycles. The Morgan fingerprint density at radius 1 is 1.38 bits per heavy atom. The van der Waals surface area contributed by atoms with Crippen LogP contribution in [-0.2, 0) is 7.05 Å². The first-order valence-corrected chi connectivity index (χ1v) is 5.70. The maximum atomic E-state index is 12.5. The van der Waals surface area contributed by atoms with E-state index in [0.29, 0.717) is 5.16 Å². The van der Waals surface area contributed by atoms with E-state index in [4.69, 9.17) is 23.2 Å². The van der Waals surface area contributed by atoms with E-state index in [-0.39, 0.29) is 10.3 Å². The van der Waals surface area contributed by atoms with Crippen LogP contribution in [0.3, 0.4) is 0 Å². The highest BCUT2D eigenvalue weighted by Crippen LogP contribution is 2.28. The first kappa shape index (κ1) is 13.7. The van der Waals surface area contributed by atoms with Crippen LogP contribution in [0.1, 0.15) is 0 Å².